The Balaban J connectivity index is 2.16. The molecule has 0 aliphatic heterocycles. The second kappa shape index (κ2) is 6.09. The topological polar surface area (TPSA) is 34.4 Å². The largest absolute Gasteiger partial charge is 0.467 e. The lowest BCUT2D eigenvalue weighted by Crippen LogP contribution is -2.38. The van der Waals surface area contributed by atoms with Gasteiger partial charge in [0.05, 0.1) is 16.2 Å². The van der Waals surface area contributed by atoms with Crippen molar-refractivity contribution in [2.75, 3.05) is 13.7 Å². The quantitative estimate of drug-likeness (QED) is 0.872. The molecule has 0 bridgehead atoms. The number of rotatable bonds is 6. The highest BCUT2D eigenvalue weighted by Gasteiger charge is 2.23. The summed E-state index contributed by atoms with van der Waals surface area (Å²) in [5, 5.41) is 3.48. The Morgan fingerprint density at radius 3 is 2.74 bits per heavy atom. The Labute approximate surface area is 122 Å². The summed E-state index contributed by atoms with van der Waals surface area (Å²) >= 11 is 7.57. The van der Waals surface area contributed by atoms with Crippen LogP contribution in [0.2, 0.25) is 4.34 Å². The molecule has 2 heterocycles. The zero-order valence-electron chi connectivity index (χ0n) is 11.3. The van der Waals surface area contributed by atoms with Crippen LogP contribution >= 0.6 is 22.9 Å². The molecular formula is C14H18ClNO2S. The van der Waals surface area contributed by atoms with Crippen molar-refractivity contribution in [3.63, 3.8) is 0 Å². The fourth-order valence-electron chi connectivity index (χ4n) is 1.70. The minimum absolute atomic E-state index is 0.00178. The number of thiophene rings is 1. The molecular weight excluding hydrogens is 282 g/mol. The highest BCUT2D eigenvalue weighted by molar-refractivity contribution is 7.16. The molecule has 1 unspecified atom stereocenters. The molecule has 0 amide bonds. The van der Waals surface area contributed by atoms with Gasteiger partial charge in [0, 0.05) is 18.5 Å². The molecule has 0 fully saturated rings. The van der Waals surface area contributed by atoms with Crippen LogP contribution in [0, 0.1) is 0 Å². The zero-order valence-corrected chi connectivity index (χ0v) is 12.8. The van der Waals surface area contributed by atoms with Gasteiger partial charge in [0.25, 0.3) is 0 Å². The van der Waals surface area contributed by atoms with Gasteiger partial charge >= 0.3 is 0 Å². The van der Waals surface area contributed by atoms with Crippen LogP contribution in [0.15, 0.2) is 34.9 Å². The maximum atomic E-state index is 6.02. The van der Waals surface area contributed by atoms with E-state index in [4.69, 9.17) is 20.8 Å². The minimum Gasteiger partial charge on any atom is -0.467 e. The Hall–Kier alpha value is -0.810. The number of ether oxygens (including phenoxy) is 1. The van der Waals surface area contributed by atoms with Gasteiger partial charge < -0.3 is 14.5 Å². The summed E-state index contributed by atoms with van der Waals surface area (Å²) in [5.41, 5.74) is -0.230. The molecule has 1 atom stereocenters. The van der Waals surface area contributed by atoms with Gasteiger partial charge in [-0.15, -0.1) is 11.3 Å². The Morgan fingerprint density at radius 2 is 2.21 bits per heavy atom. The van der Waals surface area contributed by atoms with E-state index in [0.29, 0.717) is 6.54 Å². The second-order valence-corrected chi connectivity index (χ2v) is 6.68. The maximum Gasteiger partial charge on any atom is 0.126 e. The predicted molar refractivity (Wildman–Crippen MR) is 79.0 cm³/mol. The van der Waals surface area contributed by atoms with Crippen molar-refractivity contribution >= 4 is 22.9 Å². The smallest absolute Gasteiger partial charge is 0.126 e. The van der Waals surface area contributed by atoms with Crippen molar-refractivity contribution in [2.24, 2.45) is 0 Å². The van der Waals surface area contributed by atoms with E-state index in [0.717, 1.165) is 15.0 Å². The average molecular weight is 300 g/mol. The van der Waals surface area contributed by atoms with E-state index >= 15 is 0 Å². The first-order chi connectivity index (χ1) is 9.02. The molecule has 1 N–H and O–H groups in total. The third kappa shape index (κ3) is 3.83. The fraction of sp³-hybridized carbons (Fsp3) is 0.429. The standard InChI is InChI=1S/C14H18ClNO2S/c1-14(2,17-3)9-16-13(10-5-4-8-18-10)11-6-7-12(15)19-11/h4-8,13,16H,9H2,1-3H3. The normalized spacial score (nSPS) is 13.7. The first kappa shape index (κ1) is 14.6. The lowest BCUT2D eigenvalue weighted by Gasteiger charge is -2.26. The van der Waals surface area contributed by atoms with E-state index in [1.54, 1.807) is 24.7 Å². The van der Waals surface area contributed by atoms with Gasteiger partial charge in [0.15, 0.2) is 0 Å². The summed E-state index contributed by atoms with van der Waals surface area (Å²) in [4.78, 5) is 1.13. The van der Waals surface area contributed by atoms with Gasteiger partial charge in [-0.2, -0.15) is 0 Å². The Bertz CT molecular complexity index is 507. The molecule has 5 heteroatoms. The molecule has 0 aromatic carbocycles. The third-order valence-electron chi connectivity index (χ3n) is 2.99. The number of methoxy groups -OCH3 is 1. The highest BCUT2D eigenvalue weighted by atomic mass is 35.5. The number of halogens is 1. The van der Waals surface area contributed by atoms with Crippen molar-refractivity contribution in [1.82, 2.24) is 5.32 Å². The molecule has 0 saturated carbocycles. The van der Waals surface area contributed by atoms with Gasteiger partial charge in [-0.3, -0.25) is 0 Å². The number of nitrogens with one attached hydrogen (secondary N) is 1. The summed E-state index contributed by atoms with van der Waals surface area (Å²) in [6.07, 6.45) is 1.68. The lowest BCUT2D eigenvalue weighted by atomic mass is 10.1. The van der Waals surface area contributed by atoms with Crippen LogP contribution in [0.4, 0.5) is 0 Å². The van der Waals surface area contributed by atoms with E-state index in [1.807, 2.05) is 38.1 Å². The first-order valence-electron chi connectivity index (χ1n) is 6.09. The van der Waals surface area contributed by atoms with Crippen molar-refractivity contribution in [3.05, 3.63) is 45.5 Å². The predicted octanol–water partition coefficient (Wildman–Crippen LogP) is 4.10. The molecule has 0 saturated heterocycles. The molecule has 0 aliphatic rings. The number of hydrogen-bond donors (Lipinski definition) is 1. The zero-order chi connectivity index (χ0) is 13.9. The highest BCUT2D eigenvalue weighted by Crippen LogP contribution is 2.31. The molecule has 0 spiro atoms. The monoisotopic (exact) mass is 299 g/mol. The van der Waals surface area contributed by atoms with E-state index in [2.05, 4.69) is 5.32 Å². The van der Waals surface area contributed by atoms with Crippen LogP contribution in [-0.2, 0) is 4.74 Å². The van der Waals surface area contributed by atoms with Gasteiger partial charge in [-0.05, 0) is 38.1 Å². The van der Waals surface area contributed by atoms with Crippen molar-refractivity contribution in [3.8, 4) is 0 Å². The summed E-state index contributed by atoms with van der Waals surface area (Å²) in [7, 11) is 1.71. The minimum atomic E-state index is -0.230. The maximum absolute atomic E-state index is 6.02. The molecule has 0 aliphatic carbocycles. The lowest BCUT2D eigenvalue weighted by molar-refractivity contribution is 0.0215. The van der Waals surface area contributed by atoms with Crippen LogP contribution in [0.3, 0.4) is 0 Å². The number of hydrogen-bond acceptors (Lipinski definition) is 4. The molecule has 2 aromatic heterocycles. The molecule has 2 aromatic rings. The molecule has 19 heavy (non-hydrogen) atoms. The first-order valence-corrected chi connectivity index (χ1v) is 7.28. The van der Waals surface area contributed by atoms with Gasteiger partial charge in [0.1, 0.15) is 11.8 Å². The van der Waals surface area contributed by atoms with Gasteiger partial charge in [-0.25, -0.2) is 0 Å². The third-order valence-corrected chi connectivity index (χ3v) is 4.29. The van der Waals surface area contributed by atoms with Crippen molar-refractivity contribution < 1.29 is 9.15 Å². The van der Waals surface area contributed by atoms with Crippen molar-refractivity contribution in [1.29, 1.82) is 0 Å². The average Bonchev–Trinajstić information content (AvgIpc) is 3.02. The Morgan fingerprint density at radius 1 is 1.42 bits per heavy atom. The second-order valence-electron chi connectivity index (χ2n) is 4.94. The van der Waals surface area contributed by atoms with Gasteiger partial charge in [-0.1, -0.05) is 11.6 Å². The van der Waals surface area contributed by atoms with Crippen LogP contribution in [0.1, 0.15) is 30.5 Å². The van der Waals surface area contributed by atoms with E-state index in [9.17, 15) is 0 Å². The molecule has 0 radical (unpaired) electrons. The summed E-state index contributed by atoms with van der Waals surface area (Å²) in [6, 6.07) is 7.78. The van der Waals surface area contributed by atoms with Crippen LogP contribution in [0.25, 0.3) is 0 Å². The van der Waals surface area contributed by atoms with Crippen LogP contribution in [-0.4, -0.2) is 19.3 Å². The van der Waals surface area contributed by atoms with Gasteiger partial charge in [0.2, 0.25) is 0 Å². The number of furan rings is 1. The summed E-state index contributed by atoms with van der Waals surface area (Å²) in [5.74, 6) is 0.880. The van der Waals surface area contributed by atoms with Crippen molar-refractivity contribution in [2.45, 2.75) is 25.5 Å². The molecule has 3 nitrogen and oxygen atoms in total. The van der Waals surface area contributed by atoms with E-state index < -0.39 is 0 Å². The summed E-state index contributed by atoms with van der Waals surface area (Å²) in [6.45, 7) is 4.80. The summed E-state index contributed by atoms with van der Waals surface area (Å²) < 4.78 is 11.7. The SMILES string of the molecule is COC(C)(C)CNC(c1ccco1)c1ccc(Cl)s1. The fourth-order valence-corrected chi connectivity index (χ4v) is 2.85. The van der Waals surface area contributed by atoms with Crippen LogP contribution < -0.4 is 5.32 Å². The Kier molecular flexibility index (Phi) is 4.68. The molecule has 104 valence electrons. The van der Waals surface area contributed by atoms with E-state index in [1.165, 1.54) is 0 Å². The molecule has 2 rings (SSSR count). The van der Waals surface area contributed by atoms with Crippen LogP contribution in [0.5, 0.6) is 0 Å². The van der Waals surface area contributed by atoms with E-state index in [-0.39, 0.29) is 11.6 Å².